The Hall–Kier alpha value is -1.88. The van der Waals surface area contributed by atoms with Crippen molar-refractivity contribution in [3.8, 4) is 0 Å². The summed E-state index contributed by atoms with van der Waals surface area (Å²) in [5.74, 6) is -1.19. The molecule has 0 saturated heterocycles. The van der Waals surface area contributed by atoms with E-state index in [9.17, 15) is 9.59 Å². The molecule has 1 aromatic carbocycles. The van der Waals surface area contributed by atoms with Crippen LogP contribution in [0.5, 0.6) is 0 Å². The molecule has 5 nitrogen and oxygen atoms in total. The fourth-order valence-electron chi connectivity index (χ4n) is 1.76. The average Bonchev–Trinajstić information content (AvgIpc) is 2.38. The molecule has 1 aromatic rings. The number of hydrogen-bond acceptors (Lipinski definition) is 4. The molecule has 104 valence electrons. The zero-order chi connectivity index (χ0) is 14.4. The predicted octanol–water partition coefficient (Wildman–Crippen LogP) is 1.67. The third-order valence-electron chi connectivity index (χ3n) is 2.82. The van der Waals surface area contributed by atoms with Gasteiger partial charge in [0.2, 0.25) is 0 Å². The Kier molecular flexibility index (Phi) is 5.51. The van der Waals surface area contributed by atoms with Crippen molar-refractivity contribution in [2.45, 2.75) is 26.4 Å². The first-order valence-corrected chi connectivity index (χ1v) is 6.09. The fraction of sp³-hybridized carbons (Fsp3) is 0.429. The van der Waals surface area contributed by atoms with Crippen LogP contribution in [0, 0.1) is 5.92 Å². The van der Waals surface area contributed by atoms with Gasteiger partial charge in [-0.05, 0) is 23.6 Å². The van der Waals surface area contributed by atoms with Gasteiger partial charge in [-0.3, -0.25) is 4.79 Å². The van der Waals surface area contributed by atoms with Crippen LogP contribution >= 0.6 is 0 Å². The summed E-state index contributed by atoms with van der Waals surface area (Å²) >= 11 is 0. The van der Waals surface area contributed by atoms with Crippen LogP contribution in [0.1, 0.15) is 29.8 Å². The second-order valence-electron chi connectivity index (χ2n) is 4.63. The molecule has 0 amide bonds. The zero-order valence-electron chi connectivity index (χ0n) is 11.3. The summed E-state index contributed by atoms with van der Waals surface area (Å²) in [5.41, 5.74) is 1.05. The van der Waals surface area contributed by atoms with Gasteiger partial charge in [-0.15, -0.1) is 0 Å². The lowest BCUT2D eigenvalue weighted by Crippen LogP contribution is -2.41. The molecule has 0 aliphatic carbocycles. The molecule has 0 aromatic heterocycles. The first-order valence-electron chi connectivity index (χ1n) is 6.09. The van der Waals surface area contributed by atoms with Crippen molar-refractivity contribution in [1.29, 1.82) is 0 Å². The van der Waals surface area contributed by atoms with Gasteiger partial charge in [-0.1, -0.05) is 26.0 Å². The number of hydrogen-bond donors (Lipinski definition) is 2. The highest BCUT2D eigenvalue weighted by Gasteiger charge is 2.22. The number of ether oxygens (including phenoxy) is 1. The Morgan fingerprint density at radius 1 is 1.37 bits per heavy atom. The van der Waals surface area contributed by atoms with Crippen molar-refractivity contribution < 1.29 is 19.4 Å². The molecule has 19 heavy (non-hydrogen) atoms. The van der Waals surface area contributed by atoms with Crippen molar-refractivity contribution in [2.24, 2.45) is 5.92 Å². The third-order valence-corrected chi connectivity index (χ3v) is 2.82. The Labute approximate surface area is 112 Å². The Balaban J connectivity index is 2.71. The van der Waals surface area contributed by atoms with Gasteiger partial charge < -0.3 is 15.2 Å². The normalized spacial score (nSPS) is 12.2. The lowest BCUT2D eigenvalue weighted by molar-refractivity contribution is -0.144. The maximum absolute atomic E-state index is 11.6. The molecule has 0 heterocycles. The number of carboxylic acid groups (broad SMARTS) is 1. The molecule has 0 aliphatic heterocycles. The van der Waals surface area contributed by atoms with Crippen molar-refractivity contribution in [1.82, 2.24) is 5.32 Å². The van der Waals surface area contributed by atoms with Gasteiger partial charge in [0, 0.05) is 6.54 Å². The molecular weight excluding hydrogens is 246 g/mol. The van der Waals surface area contributed by atoms with Gasteiger partial charge in [0.1, 0.15) is 6.04 Å². The summed E-state index contributed by atoms with van der Waals surface area (Å²) in [7, 11) is 1.35. The molecular formula is C14H19NO4. The second kappa shape index (κ2) is 6.89. The van der Waals surface area contributed by atoms with E-state index >= 15 is 0 Å². The van der Waals surface area contributed by atoms with E-state index in [-0.39, 0.29) is 17.5 Å². The maximum Gasteiger partial charge on any atom is 0.335 e. The van der Waals surface area contributed by atoms with Gasteiger partial charge in [-0.2, -0.15) is 0 Å². The van der Waals surface area contributed by atoms with Crippen LogP contribution in [-0.2, 0) is 16.1 Å². The topological polar surface area (TPSA) is 75.6 Å². The van der Waals surface area contributed by atoms with E-state index in [4.69, 9.17) is 9.84 Å². The van der Waals surface area contributed by atoms with Crippen LogP contribution in [0.2, 0.25) is 0 Å². The summed E-state index contributed by atoms with van der Waals surface area (Å²) in [4.78, 5) is 22.4. The van der Waals surface area contributed by atoms with Crippen molar-refractivity contribution >= 4 is 11.9 Å². The molecule has 1 atom stereocenters. The van der Waals surface area contributed by atoms with Gasteiger partial charge in [0.25, 0.3) is 0 Å². The second-order valence-corrected chi connectivity index (χ2v) is 4.63. The van der Waals surface area contributed by atoms with Gasteiger partial charge >= 0.3 is 11.9 Å². The van der Waals surface area contributed by atoms with Gasteiger partial charge in [-0.25, -0.2) is 4.79 Å². The third kappa shape index (κ3) is 4.37. The molecule has 1 rings (SSSR count). The molecule has 0 aliphatic rings. The van der Waals surface area contributed by atoms with E-state index in [0.717, 1.165) is 5.56 Å². The molecule has 2 N–H and O–H groups in total. The standard InChI is InChI=1S/C14H19NO4/c1-9(2)12(14(18)19-3)15-8-10-5-4-6-11(7-10)13(16)17/h4-7,9,12,15H,8H2,1-3H3,(H,16,17). The summed E-state index contributed by atoms with van der Waals surface area (Å²) < 4.78 is 4.73. The number of carbonyl (C=O) groups excluding carboxylic acids is 1. The maximum atomic E-state index is 11.6. The SMILES string of the molecule is COC(=O)C(NCc1cccc(C(=O)O)c1)C(C)C. The monoisotopic (exact) mass is 265 g/mol. The van der Waals surface area contributed by atoms with E-state index in [0.29, 0.717) is 6.54 Å². The highest BCUT2D eigenvalue weighted by atomic mass is 16.5. The minimum absolute atomic E-state index is 0.0927. The van der Waals surface area contributed by atoms with Crippen molar-refractivity contribution in [2.75, 3.05) is 7.11 Å². The number of carbonyl (C=O) groups is 2. The van der Waals surface area contributed by atoms with Crippen LogP contribution in [0.4, 0.5) is 0 Å². The van der Waals surface area contributed by atoms with Gasteiger partial charge in [0.15, 0.2) is 0 Å². The zero-order valence-corrected chi connectivity index (χ0v) is 11.3. The first-order chi connectivity index (χ1) is 8.95. The number of benzene rings is 1. The Bertz CT molecular complexity index is 457. The van der Waals surface area contributed by atoms with E-state index in [1.807, 2.05) is 19.9 Å². The summed E-state index contributed by atoms with van der Waals surface area (Å²) in [6.45, 7) is 4.25. The van der Waals surface area contributed by atoms with E-state index in [1.165, 1.54) is 13.2 Å². The predicted molar refractivity (Wildman–Crippen MR) is 70.9 cm³/mol. The number of methoxy groups -OCH3 is 1. The average molecular weight is 265 g/mol. The highest BCUT2D eigenvalue weighted by molar-refractivity contribution is 5.87. The minimum atomic E-state index is -0.963. The Morgan fingerprint density at radius 2 is 2.05 bits per heavy atom. The first kappa shape index (κ1) is 15.2. The molecule has 0 spiro atoms. The van der Waals surface area contributed by atoms with Crippen LogP contribution < -0.4 is 5.32 Å². The van der Waals surface area contributed by atoms with Crippen LogP contribution in [0.25, 0.3) is 0 Å². The number of rotatable bonds is 6. The largest absolute Gasteiger partial charge is 0.478 e. The Morgan fingerprint density at radius 3 is 2.58 bits per heavy atom. The molecule has 0 radical (unpaired) electrons. The van der Waals surface area contributed by atoms with E-state index in [1.54, 1.807) is 12.1 Å². The summed E-state index contributed by atoms with van der Waals surface area (Å²) in [6.07, 6.45) is 0. The van der Waals surface area contributed by atoms with Crippen LogP contribution in [-0.4, -0.2) is 30.2 Å². The number of aromatic carboxylic acids is 1. The lowest BCUT2D eigenvalue weighted by atomic mass is 10.0. The number of esters is 1. The van der Waals surface area contributed by atoms with E-state index < -0.39 is 12.0 Å². The van der Waals surface area contributed by atoms with Crippen molar-refractivity contribution in [3.63, 3.8) is 0 Å². The molecule has 0 fully saturated rings. The van der Waals surface area contributed by atoms with Crippen LogP contribution in [0.15, 0.2) is 24.3 Å². The number of carboxylic acids is 1. The van der Waals surface area contributed by atoms with Crippen molar-refractivity contribution in [3.05, 3.63) is 35.4 Å². The lowest BCUT2D eigenvalue weighted by Gasteiger charge is -2.19. The quantitative estimate of drug-likeness (QED) is 0.765. The van der Waals surface area contributed by atoms with Crippen LogP contribution in [0.3, 0.4) is 0 Å². The summed E-state index contributed by atoms with van der Waals surface area (Å²) in [6, 6.07) is 6.21. The summed E-state index contributed by atoms with van der Waals surface area (Å²) in [5, 5.41) is 12.0. The van der Waals surface area contributed by atoms with E-state index in [2.05, 4.69) is 5.32 Å². The smallest absolute Gasteiger partial charge is 0.335 e. The fourth-order valence-corrected chi connectivity index (χ4v) is 1.76. The number of nitrogens with one attached hydrogen (secondary N) is 1. The minimum Gasteiger partial charge on any atom is -0.478 e. The molecule has 0 saturated carbocycles. The highest BCUT2D eigenvalue weighted by Crippen LogP contribution is 2.08. The molecule has 5 heteroatoms. The molecule has 1 unspecified atom stereocenters. The molecule has 0 bridgehead atoms. The van der Waals surface area contributed by atoms with Gasteiger partial charge in [0.05, 0.1) is 12.7 Å².